The molecular weight excluding hydrogens is 275 g/mol. The molecule has 0 amide bonds. The zero-order chi connectivity index (χ0) is 16.5. The average molecular weight is 302 g/mol. The maximum Gasteiger partial charge on any atom is 0.466 e. The molecular formula is C18H27BO3. The van der Waals surface area contributed by atoms with Crippen LogP contribution in [0.3, 0.4) is 0 Å². The first-order valence-electron chi connectivity index (χ1n) is 8.07. The zero-order valence-corrected chi connectivity index (χ0v) is 14.6. The number of rotatable bonds is 5. The van der Waals surface area contributed by atoms with E-state index >= 15 is 0 Å². The van der Waals surface area contributed by atoms with Gasteiger partial charge in [0.05, 0.1) is 11.2 Å². The Morgan fingerprint density at radius 2 is 1.55 bits per heavy atom. The van der Waals surface area contributed by atoms with Crippen molar-refractivity contribution in [1.29, 1.82) is 0 Å². The first-order chi connectivity index (χ1) is 10.1. The molecule has 1 aromatic carbocycles. The molecule has 1 heterocycles. The molecule has 0 radical (unpaired) electrons. The second kappa shape index (κ2) is 6.17. The molecule has 4 heteroatoms. The van der Waals surface area contributed by atoms with Gasteiger partial charge in [0.25, 0.3) is 0 Å². The minimum Gasteiger partial charge on any atom is -0.403 e. The summed E-state index contributed by atoms with van der Waals surface area (Å²) in [4.78, 5) is 12.3. The van der Waals surface area contributed by atoms with Crippen molar-refractivity contribution in [3.63, 3.8) is 0 Å². The van der Waals surface area contributed by atoms with Gasteiger partial charge in [0, 0.05) is 18.2 Å². The maximum absolute atomic E-state index is 12.3. The van der Waals surface area contributed by atoms with Gasteiger partial charge in [0.2, 0.25) is 0 Å². The van der Waals surface area contributed by atoms with Gasteiger partial charge in [-0.25, -0.2) is 0 Å². The Balaban J connectivity index is 2.28. The van der Waals surface area contributed by atoms with E-state index in [2.05, 4.69) is 0 Å². The molecule has 0 saturated carbocycles. The molecule has 0 bridgehead atoms. The van der Waals surface area contributed by atoms with Gasteiger partial charge >= 0.3 is 7.12 Å². The molecule has 3 nitrogen and oxygen atoms in total. The molecule has 0 aliphatic carbocycles. The monoisotopic (exact) mass is 302 g/mol. The van der Waals surface area contributed by atoms with Crippen LogP contribution in [-0.2, 0) is 14.1 Å². The predicted molar refractivity (Wildman–Crippen MR) is 89.7 cm³/mol. The van der Waals surface area contributed by atoms with E-state index in [1.54, 1.807) is 0 Å². The van der Waals surface area contributed by atoms with E-state index in [9.17, 15) is 4.79 Å². The van der Waals surface area contributed by atoms with E-state index in [4.69, 9.17) is 9.31 Å². The van der Waals surface area contributed by atoms with Crippen LogP contribution in [0, 0.1) is 5.92 Å². The highest BCUT2D eigenvalue weighted by Crippen LogP contribution is 2.41. The summed E-state index contributed by atoms with van der Waals surface area (Å²) < 4.78 is 12.4. The molecule has 2 rings (SSSR count). The van der Waals surface area contributed by atoms with Gasteiger partial charge < -0.3 is 9.31 Å². The molecule has 1 aliphatic heterocycles. The summed E-state index contributed by atoms with van der Waals surface area (Å²) in [5, 5.41) is 0. The van der Waals surface area contributed by atoms with E-state index in [0.29, 0.717) is 6.42 Å². The molecule has 1 saturated heterocycles. The van der Waals surface area contributed by atoms with Crippen molar-refractivity contribution in [2.24, 2.45) is 5.92 Å². The Hall–Kier alpha value is -1.13. The Morgan fingerprint density at radius 3 is 2.00 bits per heavy atom. The fraction of sp³-hybridized carbons (Fsp3) is 0.611. The van der Waals surface area contributed by atoms with Gasteiger partial charge in [-0.05, 0) is 33.3 Å². The Kier molecular flexibility index (Phi) is 4.83. The number of carbonyl (C=O) groups excluding carboxylic acids is 1. The smallest absolute Gasteiger partial charge is 0.403 e. The van der Waals surface area contributed by atoms with Crippen molar-refractivity contribution in [1.82, 2.24) is 0 Å². The summed E-state index contributed by atoms with van der Waals surface area (Å²) in [5.74, 6) is 0.189. The maximum atomic E-state index is 12.3. The lowest BCUT2D eigenvalue weighted by Crippen LogP contribution is -2.41. The minimum absolute atomic E-state index is 0.0219. The Morgan fingerprint density at radius 1 is 1.05 bits per heavy atom. The SMILES string of the molecule is CC(C)C(=O)C[C@@H](B1OC(C)(C)C(C)(C)O1)c1ccccc1. The lowest BCUT2D eigenvalue weighted by molar-refractivity contribution is -0.122. The standard InChI is InChI=1S/C18H27BO3/c1-13(2)16(20)12-15(14-10-8-7-9-11-14)19-21-17(3,4)18(5,6)22-19/h7-11,13,15H,12H2,1-6H3/t15-/m1/s1. The van der Waals surface area contributed by atoms with Crippen LogP contribution in [0.1, 0.15) is 59.3 Å². The van der Waals surface area contributed by atoms with Crippen LogP contribution in [0.5, 0.6) is 0 Å². The summed E-state index contributed by atoms with van der Waals surface area (Å²) in [5.41, 5.74) is 0.326. The highest BCUT2D eigenvalue weighted by molar-refractivity contribution is 6.48. The van der Waals surface area contributed by atoms with Gasteiger partial charge in [-0.2, -0.15) is 0 Å². The number of hydrogen-bond donors (Lipinski definition) is 0. The Bertz CT molecular complexity index is 506. The van der Waals surface area contributed by atoms with Crippen molar-refractivity contribution < 1.29 is 14.1 Å². The van der Waals surface area contributed by atoms with Crippen LogP contribution < -0.4 is 0 Å². The lowest BCUT2D eigenvalue weighted by Gasteiger charge is -2.32. The zero-order valence-electron chi connectivity index (χ0n) is 14.6. The topological polar surface area (TPSA) is 35.5 Å². The van der Waals surface area contributed by atoms with Crippen molar-refractivity contribution in [2.45, 2.75) is 65.0 Å². The second-order valence-electron chi connectivity index (χ2n) is 7.47. The molecule has 1 fully saturated rings. The van der Waals surface area contributed by atoms with Gasteiger partial charge in [-0.1, -0.05) is 44.2 Å². The summed E-state index contributed by atoms with van der Waals surface area (Å²) in [6.45, 7) is 12.0. The molecule has 120 valence electrons. The number of benzene rings is 1. The van der Waals surface area contributed by atoms with Crippen LogP contribution in [0.2, 0.25) is 0 Å². The molecule has 1 aromatic rings. The van der Waals surface area contributed by atoms with Crippen LogP contribution in [0.25, 0.3) is 0 Å². The van der Waals surface area contributed by atoms with E-state index in [1.165, 1.54) is 0 Å². The van der Waals surface area contributed by atoms with Crippen molar-refractivity contribution in [3.05, 3.63) is 35.9 Å². The third-order valence-electron chi connectivity index (χ3n) is 4.89. The first-order valence-corrected chi connectivity index (χ1v) is 8.07. The summed E-state index contributed by atoms with van der Waals surface area (Å²) in [6.07, 6.45) is 0.443. The summed E-state index contributed by atoms with van der Waals surface area (Å²) >= 11 is 0. The van der Waals surface area contributed by atoms with Crippen molar-refractivity contribution in [2.75, 3.05) is 0 Å². The predicted octanol–water partition coefficient (Wildman–Crippen LogP) is 4.02. The first kappa shape index (κ1) is 17.2. The molecule has 0 unspecified atom stereocenters. The van der Waals surface area contributed by atoms with Crippen molar-refractivity contribution in [3.8, 4) is 0 Å². The molecule has 0 aromatic heterocycles. The van der Waals surface area contributed by atoms with Gasteiger partial charge in [0.15, 0.2) is 0 Å². The molecule has 0 spiro atoms. The normalized spacial score (nSPS) is 21.1. The lowest BCUT2D eigenvalue weighted by atomic mass is 9.65. The number of hydrogen-bond acceptors (Lipinski definition) is 3. The van der Waals surface area contributed by atoms with E-state index < -0.39 is 7.12 Å². The van der Waals surface area contributed by atoms with Gasteiger partial charge in [-0.15, -0.1) is 0 Å². The van der Waals surface area contributed by atoms with Gasteiger partial charge in [-0.3, -0.25) is 4.79 Å². The summed E-state index contributed by atoms with van der Waals surface area (Å²) in [7, 11) is -0.393. The molecule has 22 heavy (non-hydrogen) atoms. The summed E-state index contributed by atoms with van der Waals surface area (Å²) in [6, 6.07) is 10.1. The number of ketones is 1. The third kappa shape index (κ3) is 3.44. The highest BCUT2D eigenvalue weighted by atomic mass is 16.7. The van der Waals surface area contributed by atoms with E-state index in [0.717, 1.165) is 5.56 Å². The van der Waals surface area contributed by atoms with Gasteiger partial charge in [0.1, 0.15) is 5.78 Å². The van der Waals surface area contributed by atoms with Crippen molar-refractivity contribution >= 4 is 12.9 Å². The largest absolute Gasteiger partial charge is 0.466 e. The van der Waals surface area contributed by atoms with E-state index in [1.807, 2.05) is 71.9 Å². The third-order valence-corrected chi connectivity index (χ3v) is 4.89. The number of Topliss-reactive ketones (excluding diaryl/α,β-unsaturated/α-hetero) is 1. The quantitative estimate of drug-likeness (QED) is 0.771. The van der Waals surface area contributed by atoms with E-state index in [-0.39, 0.29) is 28.7 Å². The molecule has 0 N–H and O–H groups in total. The second-order valence-corrected chi connectivity index (χ2v) is 7.47. The van der Waals surface area contributed by atoms with Crippen LogP contribution >= 0.6 is 0 Å². The molecule has 1 aliphatic rings. The fourth-order valence-electron chi connectivity index (χ4n) is 2.58. The highest BCUT2D eigenvalue weighted by Gasteiger charge is 2.54. The van der Waals surface area contributed by atoms with Crippen LogP contribution in [0.4, 0.5) is 0 Å². The Labute approximate surface area is 134 Å². The van der Waals surface area contributed by atoms with Crippen LogP contribution in [-0.4, -0.2) is 24.1 Å². The minimum atomic E-state index is -0.393. The number of carbonyl (C=O) groups is 1. The average Bonchev–Trinajstić information content (AvgIpc) is 2.65. The fourth-order valence-corrected chi connectivity index (χ4v) is 2.58. The molecule has 1 atom stereocenters. The van der Waals surface area contributed by atoms with Crippen LogP contribution in [0.15, 0.2) is 30.3 Å².